The average Bonchev–Trinajstić information content (AvgIpc) is 2.33. The largest absolute Gasteiger partial charge is 0.500 e. The van der Waals surface area contributed by atoms with Crippen LogP contribution in [0.25, 0.3) is 0 Å². The van der Waals surface area contributed by atoms with Crippen LogP contribution in [0.3, 0.4) is 0 Å². The van der Waals surface area contributed by atoms with E-state index in [1.54, 1.807) is 6.92 Å². The molecule has 0 saturated carbocycles. The molecule has 7 heteroatoms. The van der Waals surface area contributed by atoms with Crippen LogP contribution in [0.1, 0.15) is 17.3 Å². The van der Waals surface area contributed by atoms with Gasteiger partial charge in [-0.1, -0.05) is 0 Å². The summed E-state index contributed by atoms with van der Waals surface area (Å²) in [5, 5.41) is 8.79. The molecule has 0 aliphatic heterocycles. The number of carboxylic acid groups (broad SMARTS) is 1. The topological polar surface area (TPSA) is 63.6 Å². The zero-order chi connectivity index (χ0) is 14.6. The second-order valence-corrected chi connectivity index (χ2v) is 3.37. The third-order valence-electron chi connectivity index (χ3n) is 2.10. The van der Waals surface area contributed by atoms with Crippen molar-refractivity contribution in [1.82, 2.24) is 0 Å². The highest BCUT2D eigenvalue weighted by Crippen LogP contribution is 2.17. The van der Waals surface area contributed by atoms with E-state index in [0.717, 1.165) is 0 Å². The van der Waals surface area contributed by atoms with Gasteiger partial charge in [-0.05, 0) is 13.0 Å². The van der Waals surface area contributed by atoms with E-state index in [0.29, 0.717) is 12.3 Å². The number of rotatable bonds is 5. The van der Waals surface area contributed by atoms with Crippen LogP contribution in [0.4, 0.5) is 13.2 Å². The number of aliphatic carboxylic acids is 1. The van der Waals surface area contributed by atoms with Crippen molar-refractivity contribution in [3.8, 4) is 0 Å². The van der Waals surface area contributed by atoms with Gasteiger partial charge in [0.05, 0.1) is 12.2 Å². The first kappa shape index (κ1) is 14.7. The molecule has 0 unspecified atom stereocenters. The summed E-state index contributed by atoms with van der Waals surface area (Å²) in [6.45, 7) is 1.63. The fourth-order valence-corrected chi connectivity index (χ4v) is 1.21. The Hall–Kier alpha value is -2.31. The van der Waals surface area contributed by atoms with Gasteiger partial charge in [0.2, 0.25) is 5.78 Å². The van der Waals surface area contributed by atoms with Crippen LogP contribution >= 0.6 is 0 Å². The summed E-state index contributed by atoms with van der Waals surface area (Å²) in [6.07, 6.45) is 0.630. The van der Waals surface area contributed by atoms with Gasteiger partial charge in [-0.15, -0.1) is 0 Å². The minimum absolute atomic E-state index is 0.0876. The molecule has 0 atom stereocenters. The number of carboxylic acids is 1. The monoisotopic (exact) mass is 274 g/mol. The van der Waals surface area contributed by atoms with Crippen LogP contribution in [0.5, 0.6) is 0 Å². The van der Waals surface area contributed by atoms with Crippen molar-refractivity contribution in [2.24, 2.45) is 0 Å². The maximum absolute atomic E-state index is 13.3. The molecule has 19 heavy (non-hydrogen) atoms. The van der Waals surface area contributed by atoms with E-state index < -0.39 is 40.3 Å². The van der Waals surface area contributed by atoms with E-state index in [1.807, 2.05) is 0 Å². The van der Waals surface area contributed by atoms with E-state index in [1.165, 1.54) is 0 Å². The normalized spacial score (nSPS) is 11.3. The van der Waals surface area contributed by atoms with Gasteiger partial charge in [-0.25, -0.2) is 18.0 Å². The van der Waals surface area contributed by atoms with Gasteiger partial charge in [0.25, 0.3) is 0 Å². The number of benzene rings is 1. The molecule has 1 aromatic rings. The lowest BCUT2D eigenvalue weighted by atomic mass is 10.0. The van der Waals surface area contributed by atoms with Crippen molar-refractivity contribution in [3.05, 3.63) is 47.0 Å². The number of carbonyl (C=O) groups is 2. The second kappa shape index (κ2) is 6.03. The summed E-state index contributed by atoms with van der Waals surface area (Å²) in [4.78, 5) is 22.5. The molecule has 0 spiro atoms. The van der Waals surface area contributed by atoms with E-state index in [9.17, 15) is 22.8 Å². The minimum atomic E-state index is -1.66. The summed E-state index contributed by atoms with van der Waals surface area (Å²) >= 11 is 0. The van der Waals surface area contributed by atoms with Crippen LogP contribution in [0.15, 0.2) is 24.0 Å². The van der Waals surface area contributed by atoms with E-state index in [4.69, 9.17) is 5.11 Å². The Labute approximate surface area is 106 Å². The number of halogens is 3. The first-order valence-electron chi connectivity index (χ1n) is 5.12. The summed E-state index contributed by atoms with van der Waals surface area (Å²) in [5.41, 5.74) is -1.76. The molecule has 0 aliphatic rings. The predicted octanol–water partition coefficient (Wildman–Crippen LogP) is 2.29. The van der Waals surface area contributed by atoms with Crippen LogP contribution in [-0.2, 0) is 9.53 Å². The van der Waals surface area contributed by atoms with Crippen LogP contribution < -0.4 is 0 Å². The maximum Gasteiger partial charge on any atom is 0.342 e. The van der Waals surface area contributed by atoms with Crippen molar-refractivity contribution >= 4 is 11.8 Å². The van der Waals surface area contributed by atoms with Crippen LogP contribution in [0.2, 0.25) is 0 Å². The van der Waals surface area contributed by atoms with Crippen LogP contribution in [-0.4, -0.2) is 23.5 Å². The molecule has 0 fully saturated rings. The molecule has 4 nitrogen and oxygen atoms in total. The SMILES string of the molecule is CCO/C=C(\C(=O)O)C(=O)c1cc(F)c(F)cc1F. The van der Waals surface area contributed by atoms with Crippen molar-refractivity contribution in [3.63, 3.8) is 0 Å². The summed E-state index contributed by atoms with van der Waals surface area (Å²) in [7, 11) is 0. The number of ketones is 1. The highest BCUT2D eigenvalue weighted by molar-refractivity contribution is 6.23. The molecule has 0 aliphatic carbocycles. The number of hydrogen-bond acceptors (Lipinski definition) is 3. The molecule has 0 saturated heterocycles. The Bertz CT molecular complexity index is 552. The van der Waals surface area contributed by atoms with Crippen molar-refractivity contribution < 1.29 is 32.6 Å². The molecule has 1 N–H and O–H groups in total. The predicted molar refractivity (Wildman–Crippen MR) is 58.0 cm³/mol. The molecular formula is C12H9F3O4. The van der Waals surface area contributed by atoms with E-state index >= 15 is 0 Å². The molecule has 102 valence electrons. The molecule has 0 aromatic heterocycles. The molecule has 0 radical (unpaired) electrons. The first-order valence-corrected chi connectivity index (χ1v) is 5.12. The number of Topliss-reactive ketones (excluding diaryl/α,β-unsaturated/α-hetero) is 1. The van der Waals surface area contributed by atoms with Crippen LogP contribution in [0, 0.1) is 17.5 Å². The fourth-order valence-electron chi connectivity index (χ4n) is 1.21. The van der Waals surface area contributed by atoms with Gasteiger partial charge < -0.3 is 9.84 Å². The molecule has 1 aromatic carbocycles. The smallest absolute Gasteiger partial charge is 0.342 e. The average molecular weight is 274 g/mol. The Morgan fingerprint density at radius 1 is 1.21 bits per heavy atom. The quantitative estimate of drug-likeness (QED) is 0.223. The van der Waals surface area contributed by atoms with Gasteiger partial charge in [0.15, 0.2) is 11.6 Å². The molecule has 1 rings (SSSR count). The van der Waals surface area contributed by atoms with Gasteiger partial charge in [-0.3, -0.25) is 4.79 Å². The summed E-state index contributed by atoms with van der Waals surface area (Å²) in [5.74, 6) is -7.25. The fraction of sp³-hybridized carbons (Fsp3) is 0.167. The Balaban J connectivity index is 3.24. The molecular weight excluding hydrogens is 265 g/mol. The van der Waals surface area contributed by atoms with Crippen molar-refractivity contribution in [1.29, 1.82) is 0 Å². The lowest BCUT2D eigenvalue weighted by Crippen LogP contribution is -2.15. The van der Waals surface area contributed by atoms with Gasteiger partial charge in [0, 0.05) is 6.07 Å². The number of hydrogen-bond donors (Lipinski definition) is 1. The summed E-state index contributed by atoms with van der Waals surface area (Å²) in [6, 6.07) is 0.471. The van der Waals surface area contributed by atoms with Crippen molar-refractivity contribution in [2.75, 3.05) is 6.61 Å². The Kier molecular flexibility index (Phi) is 4.68. The zero-order valence-electron chi connectivity index (χ0n) is 9.75. The number of ether oxygens (including phenoxy) is 1. The zero-order valence-corrected chi connectivity index (χ0v) is 9.75. The molecule has 0 amide bonds. The first-order chi connectivity index (χ1) is 8.88. The third-order valence-corrected chi connectivity index (χ3v) is 2.10. The molecule has 0 heterocycles. The highest BCUT2D eigenvalue weighted by atomic mass is 19.2. The number of carbonyl (C=O) groups excluding carboxylic acids is 1. The van der Waals surface area contributed by atoms with Crippen molar-refractivity contribution in [2.45, 2.75) is 6.92 Å². The second-order valence-electron chi connectivity index (χ2n) is 3.37. The standard InChI is InChI=1S/C12H9F3O4/c1-2-19-5-7(12(17)18)11(16)6-3-9(14)10(15)4-8(6)13/h3-5H,2H2,1H3,(H,17,18)/b7-5-. The minimum Gasteiger partial charge on any atom is -0.500 e. The summed E-state index contributed by atoms with van der Waals surface area (Å²) < 4.78 is 43.6. The highest BCUT2D eigenvalue weighted by Gasteiger charge is 2.24. The lowest BCUT2D eigenvalue weighted by molar-refractivity contribution is -0.132. The Morgan fingerprint density at radius 2 is 1.79 bits per heavy atom. The van der Waals surface area contributed by atoms with E-state index in [2.05, 4.69) is 4.74 Å². The van der Waals surface area contributed by atoms with Gasteiger partial charge in [-0.2, -0.15) is 0 Å². The van der Waals surface area contributed by atoms with Gasteiger partial charge >= 0.3 is 5.97 Å². The lowest BCUT2D eigenvalue weighted by Gasteiger charge is -2.05. The van der Waals surface area contributed by atoms with Gasteiger partial charge in [0.1, 0.15) is 17.7 Å². The third kappa shape index (κ3) is 3.34. The molecule has 0 bridgehead atoms. The Morgan fingerprint density at radius 3 is 2.32 bits per heavy atom. The van der Waals surface area contributed by atoms with E-state index in [-0.39, 0.29) is 12.7 Å². The maximum atomic E-state index is 13.3.